The van der Waals surface area contributed by atoms with Crippen LogP contribution >= 0.6 is 0 Å². The van der Waals surface area contributed by atoms with E-state index in [1.165, 1.54) is 0 Å². The molecule has 0 spiro atoms. The molecule has 120 valence electrons. The molecule has 0 radical (unpaired) electrons. The summed E-state index contributed by atoms with van der Waals surface area (Å²) in [5.41, 5.74) is 5.32. The van der Waals surface area contributed by atoms with Gasteiger partial charge in [0, 0.05) is 29.8 Å². The Morgan fingerprint density at radius 2 is 2.22 bits per heavy atom. The summed E-state index contributed by atoms with van der Waals surface area (Å²) >= 11 is 0. The van der Waals surface area contributed by atoms with Crippen molar-refractivity contribution >= 4 is 28.3 Å². The Kier molecular flexibility index (Phi) is 4.50. The first-order valence-corrected chi connectivity index (χ1v) is 8.04. The SMILES string of the molecule is CCCCNc1ncnc2cc(C3=NNC(=O)CC3C)ccc12. The molecule has 0 fully saturated rings. The third kappa shape index (κ3) is 3.31. The molecule has 6 heteroatoms. The molecule has 0 saturated heterocycles. The molecule has 1 aromatic heterocycles. The minimum atomic E-state index is -0.0354. The Labute approximate surface area is 135 Å². The second kappa shape index (κ2) is 6.73. The first-order chi connectivity index (χ1) is 11.2. The van der Waals surface area contributed by atoms with Crippen LogP contribution < -0.4 is 10.7 Å². The number of carbonyl (C=O) groups excluding carboxylic acids is 1. The number of hydrogen-bond acceptors (Lipinski definition) is 5. The van der Waals surface area contributed by atoms with Gasteiger partial charge in [-0.05, 0) is 18.6 Å². The zero-order valence-corrected chi connectivity index (χ0v) is 13.5. The van der Waals surface area contributed by atoms with Crippen molar-refractivity contribution in [2.75, 3.05) is 11.9 Å². The van der Waals surface area contributed by atoms with Crippen molar-refractivity contribution in [2.24, 2.45) is 11.0 Å². The van der Waals surface area contributed by atoms with Crippen molar-refractivity contribution in [3.05, 3.63) is 30.1 Å². The molecular weight excluding hydrogens is 290 g/mol. The number of amides is 1. The highest BCUT2D eigenvalue weighted by atomic mass is 16.2. The number of hydrogen-bond donors (Lipinski definition) is 2. The molecule has 2 aromatic rings. The van der Waals surface area contributed by atoms with Crippen LogP contribution in [0.25, 0.3) is 10.9 Å². The molecule has 0 saturated carbocycles. The largest absolute Gasteiger partial charge is 0.369 e. The van der Waals surface area contributed by atoms with E-state index in [-0.39, 0.29) is 11.8 Å². The van der Waals surface area contributed by atoms with E-state index in [1.807, 2.05) is 25.1 Å². The predicted molar refractivity (Wildman–Crippen MR) is 91.4 cm³/mol. The zero-order valence-electron chi connectivity index (χ0n) is 13.5. The fourth-order valence-electron chi connectivity index (χ4n) is 2.74. The first-order valence-electron chi connectivity index (χ1n) is 8.04. The van der Waals surface area contributed by atoms with Crippen LogP contribution in [0.5, 0.6) is 0 Å². The third-order valence-corrected chi connectivity index (χ3v) is 4.01. The Hall–Kier alpha value is -2.50. The average Bonchev–Trinajstić information content (AvgIpc) is 2.55. The van der Waals surface area contributed by atoms with Gasteiger partial charge in [-0.1, -0.05) is 26.3 Å². The summed E-state index contributed by atoms with van der Waals surface area (Å²) in [6.45, 7) is 5.08. The number of rotatable bonds is 5. The Bertz CT molecular complexity index is 756. The molecule has 1 amide bonds. The number of carbonyl (C=O) groups is 1. The second-order valence-corrected chi connectivity index (χ2v) is 5.87. The van der Waals surface area contributed by atoms with Gasteiger partial charge in [0.2, 0.25) is 5.91 Å². The van der Waals surface area contributed by atoms with E-state index < -0.39 is 0 Å². The number of nitrogens with zero attached hydrogens (tertiary/aromatic N) is 3. The topological polar surface area (TPSA) is 79.3 Å². The quantitative estimate of drug-likeness (QED) is 0.832. The van der Waals surface area contributed by atoms with Gasteiger partial charge in [0.05, 0.1) is 11.2 Å². The molecular formula is C17H21N5O. The minimum Gasteiger partial charge on any atom is -0.369 e. The second-order valence-electron chi connectivity index (χ2n) is 5.87. The van der Waals surface area contributed by atoms with Crippen molar-refractivity contribution < 1.29 is 4.79 Å². The van der Waals surface area contributed by atoms with Gasteiger partial charge in [0.1, 0.15) is 12.1 Å². The molecule has 2 heterocycles. The number of hydrazone groups is 1. The summed E-state index contributed by atoms with van der Waals surface area (Å²) < 4.78 is 0. The van der Waals surface area contributed by atoms with Gasteiger partial charge in [-0.2, -0.15) is 5.10 Å². The standard InChI is InChI=1S/C17H21N5O/c1-3-4-7-18-17-13-6-5-12(9-14(13)19-10-20-17)16-11(2)8-15(23)21-22-16/h5-6,9-11H,3-4,7-8H2,1-2H3,(H,21,23)(H,18,19,20). The Morgan fingerprint density at radius 1 is 1.35 bits per heavy atom. The van der Waals surface area contributed by atoms with Crippen LogP contribution in [-0.4, -0.2) is 28.1 Å². The van der Waals surface area contributed by atoms with Crippen LogP contribution in [0.4, 0.5) is 5.82 Å². The highest BCUT2D eigenvalue weighted by Gasteiger charge is 2.22. The number of nitrogens with one attached hydrogen (secondary N) is 2. The van der Waals surface area contributed by atoms with Crippen LogP contribution in [0.2, 0.25) is 0 Å². The van der Waals surface area contributed by atoms with Crippen LogP contribution in [0.3, 0.4) is 0 Å². The summed E-state index contributed by atoms with van der Waals surface area (Å²) in [4.78, 5) is 20.1. The maximum Gasteiger partial charge on any atom is 0.240 e. The Morgan fingerprint density at radius 3 is 3.00 bits per heavy atom. The lowest BCUT2D eigenvalue weighted by molar-refractivity contribution is -0.121. The molecule has 2 N–H and O–H groups in total. The van der Waals surface area contributed by atoms with Gasteiger partial charge in [0.25, 0.3) is 0 Å². The van der Waals surface area contributed by atoms with E-state index in [2.05, 4.69) is 32.7 Å². The highest BCUT2D eigenvalue weighted by Crippen LogP contribution is 2.23. The summed E-state index contributed by atoms with van der Waals surface area (Å²) in [7, 11) is 0. The zero-order chi connectivity index (χ0) is 16.2. The van der Waals surface area contributed by atoms with E-state index in [4.69, 9.17) is 0 Å². The minimum absolute atomic E-state index is 0.0354. The van der Waals surface area contributed by atoms with Gasteiger partial charge >= 0.3 is 0 Å². The number of anilines is 1. The van der Waals surface area contributed by atoms with Gasteiger partial charge in [-0.3, -0.25) is 4.79 Å². The van der Waals surface area contributed by atoms with Gasteiger partial charge < -0.3 is 5.32 Å². The predicted octanol–water partition coefficient (Wildman–Crippen LogP) is 2.70. The lowest BCUT2D eigenvalue weighted by Crippen LogP contribution is -2.31. The molecule has 1 aliphatic rings. The number of fused-ring (bicyclic) bond motifs is 1. The fraction of sp³-hybridized carbons (Fsp3) is 0.412. The summed E-state index contributed by atoms with van der Waals surface area (Å²) in [5, 5.41) is 8.57. The van der Waals surface area contributed by atoms with E-state index in [0.29, 0.717) is 6.42 Å². The van der Waals surface area contributed by atoms with Crippen LogP contribution in [-0.2, 0) is 4.79 Å². The number of aromatic nitrogens is 2. The smallest absolute Gasteiger partial charge is 0.240 e. The van der Waals surface area contributed by atoms with Crippen molar-refractivity contribution in [2.45, 2.75) is 33.1 Å². The van der Waals surface area contributed by atoms with E-state index in [1.54, 1.807) is 6.33 Å². The fourth-order valence-corrected chi connectivity index (χ4v) is 2.74. The van der Waals surface area contributed by atoms with E-state index in [0.717, 1.165) is 47.4 Å². The molecule has 6 nitrogen and oxygen atoms in total. The molecule has 1 unspecified atom stereocenters. The van der Waals surface area contributed by atoms with Crippen LogP contribution in [0.1, 0.15) is 38.7 Å². The van der Waals surface area contributed by atoms with Crippen LogP contribution in [0.15, 0.2) is 29.6 Å². The van der Waals surface area contributed by atoms with Crippen molar-refractivity contribution in [1.82, 2.24) is 15.4 Å². The molecule has 1 aliphatic heterocycles. The molecule has 3 rings (SSSR count). The summed E-state index contributed by atoms with van der Waals surface area (Å²) in [5.74, 6) is 0.930. The van der Waals surface area contributed by atoms with Gasteiger partial charge in [-0.15, -0.1) is 0 Å². The maximum absolute atomic E-state index is 11.4. The normalized spacial score (nSPS) is 17.7. The van der Waals surface area contributed by atoms with Gasteiger partial charge in [0.15, 0.2) is 0 Å². The molecule has 1 aromatic carbocycles. The van der Waals surface area contributed by atoms with Crippen molar-refractivity contribution in [1.29, 1.82) is 0 Å². The monoisotopic (exact) mass is 311 g/mol. The van der Waals surface area contributed by atoms with Crippen molar-refractivity contribution in [3.63, 3.8) is 0 Å². The summed E-state index contributed by atoms with van der Waals surface area (Å²) in [6.07, 6.45) is 4.29. The highest BCUT2D eigenvalue weighted by molar-refractivity contribution is 6.07. The Balaban J connectivity index is 1.92. The average molecular weight is 311 g/mol. The molecule has 1 atom stereocenters. The van der Waals surface area contributed by atoms with Gasteiger partial charge in [-0.25, -0.2) is 15.4 Å². The molecule has 0 aliphatic carbocycles. The summed E-state index contributed by atoms with van der Waals surface area (Å²) in [6, 6.07) is 6.04. The van der Waals surface area contributed by atoms with E-state index >= 15 is 0 Å². The lowest BCUT2D eigenvalue weighted by Gasteiger charge is -2.19. The molecule has 0 bridgehead atoms. The molecule has 23 heavy (non-hydrogen) atoms. The van der Waals surface area contributed by atoms with Crippen molar-refractivity contribution in [3.8, 4) is 0 Å². The number of benzene rings is 1. The van der Waals surface area contributed by atoms with E-state index in [9.17, 15) is 4.79 Å². The number of unbranched alkanes of at least 4 members (excludes halogenated alkanes) is 1. The first kappa shape index (κ1) is 15.4. The lowest BCUT2D eigenvalue weighted by atomic mass is 9.93. The third-order valence-electron chi connectivity index (χ3n) is 4.01. The van der Waals surface area contributed by atoms with Crippen LogP contribution in [0, 0.1) is 5.92 Å². The maximum atomic E-state index is 11.4.